The lowest BCUT2D eigenvalue weighted by Gasteiger charge is -2.13. The van der Waals surface area contributed by atoms with Crippen LogP contribution in [0, 0.1) is 11.6 Å². The molecule has 0 aliphatic carbocycles. The number of fused-ring (bicyclic) bond motifs is 1. The van der Waals surface area contributed by atoms with Crippen molar-refractivity contribution in [1.29, 1.82) is 0 Å². The van der Waals surface area contributed by atoms with Gasteiger partial charge in [0.05, 0.1) is 18.4 Å². The van der Waals surface area contributed by atoms with Crippen LogP contribution in [0.1, 0.15) is 22.8 Å². The smallest absolute Gasteiger partial charge is 0.325 e. The summed E-state index contributed by atoms with van der Waals surface area (Å²) in [6, 6.07) is 12.0. The first kappa shape index (κ1) is 23.5. The molecular formula is C23H20F2N6O4. The summed E-state index contributed by atoms with van der Waals surface area (Å²) in [5.41, 5.74) is 2.93. The number of imidazole rings is 1. The second-order valence-corrected chi connectivity index (χ2v) is 7.55. The lowest BCUT2D eigenvalue weighted by molar-refractivity contribution is -0.122. The van der Waals surface area contributed by atoms with E-state index in [9.17, 15) is 28.0 Å². The van der Waals surface area contributed by atoms with Gasteiger partial charge < -0.3 is 4.57 Å². The van der Waals surface area contributed by atoms with Crippen molar-refractivity contribution in [1.82, 2.24) is 29.5 Å². The van der Waals surface area contributed by atoms with Gasteiger partial charge >= 0.3 is 5.69 Å². The second kappa shape index (κ2) is 9.71. The molecule has 35 heavy (non-hydrogen) atoms. The van der Waals surface area contributed by atoms with Crippen molar-refractivity contribution in [2.45, 2.75) is 26.6 Å². The molecule has 2 N–H and O–H groups in total. The van der Waals surface area contributed by atoms with Crippen LogP contribution in [0.5, 0.6) is 0 Å². The van der Waals surface area contributed by atoms with Crippen molar-refractivity contribution >= 4 is 23.0 Å². The molecule has 12 heteroatoms. The highest BCUT2D eigenvalue weighted by molar-refractivity contribution is 5.95. The summed E-state index contributed by atoms with van der Waals surface area (Å²) in [6.07, 6.45) is 1.44. The number of hydrogen-bond donors (Lipinski definition) is 2. The summed E-state index contributed by atoms with van der Waals surface area (Å²) < 4.78 is 30.7. The zero-order valence-electron chi connectivity index (χ0n) is 18.5. The van der Waals surface area contributed by atoms with Crippen molar-refractivity contribution < 1.29 is 18.4 Å². The van der Waals surface area contributed by atoms with Gasteiger partial charge in [-0.1, -0.05) is 36.4 Å². The van der Waals surface area contributed by atoms with Gasteiger partial charge in [0.1, 0.15) is 6.54 Å². The number of rotatable bonds is 6. The summed E-state index contributed by atoms with van der Waals surface area (Å²) in [5.74, 6) is -4.64. The number of benzene rings is 2. The van der Waals surface area contributed by atoms with Gasteiger partial charge in [0.15, 0.2) is 22.8 Å². The molecule has 0 unspecified atom stereocenters. The fraction of sp³-hybridized carbons (Fsp3) is 0.174. The van der Waals surface area contributed by atoms with Gasteiger partial charge in [-0.3, -0.25) is 29.8 Å². The number of aromatic nitrogens is 4. The van der Waals surface area contributed by atoms with E-state index in [0.29, 0.717) is 6.54 Å². The minimum absolute atomic E-state index is 0.106. The Bertz CT molecular complexity index is 1540. The lowest BCUT2D eigenvalue weighted by Crippen LogP contribution is -2.48. The Morgan fingerprint density at radius 1 is 0.971 bits per heavy atom. The van der Waals surface area contributed by atoms with Crippen molar-refractivity contribution in [3.63, 3.8) is 0 Å². The minimum Gasteiger partial charge on any atom is -0.325 e. The molecule has 0 bridgehead atoms. The highest BCUT2D eigenvalue weighted by Gasteiger charge is 2.20. The average molecular weight is 482 g/mol. The van der Waals surface area contributed by atoms with Crippen LogP contribution in [-0.2, 0) is 24.4 Å². The number of nitrogens with one attached hydrogen (secondary N) is 2. The van der Waals surface area contributed by atoms with Crippen LogP contribution in [0.3, 0.4) is 0 Å². The monoisotopic (exact) mass is 482 g/mol. The van der Waals surface area contributed by atoms with E-state index in [4.69, 9.17) is 0 Å². The van der Waals surface area contributed by atoms with Gasteiger partial charge in [-0.05, 0) is 24.6 Å². The van der Waals surface area contributed by atoms with Gasteiger partial charge in [-0.15, -0.1) is 0 Å². The normalized spacial score (nSPS) is 10.9. The quantitative estimate of drug-likeness (QED) is 0.400. The first-order chi connectivity index (χ1) is 16.8. The predicted octanol–water partition coefficient (Wildman–Crippen LogP) is 1.17. The number of amides is 2. The first-order valence-corrected chi connectivity index (χ1v) is 10.6. The number of hydrogen-bond acceptors (Lipinski definition) is 5. The maximum absolute atomic E-state index is 13.8. The Morgan fingerprint density at radius 2 is 1.71 bits per heavy atom. The summed E-state index contributed by atoms with van der Waals surface area (Å²) in [4.78, 5) is 55.1. The number of carbonyl (C=O) groups excluding carboxylic acids is 2. The zero-order chi connectivity index (χ0) is 25.1. The average Bonchev–Trinajstić information content (AvgIpc) is 3.29. The molecule has 0 spiro atoms. The van der Waals surface area contributed by atoms with E-state index in [2.05, 4.69) is 4.98 Å². The van der Waals surface area contributed by atoms with Crippen LogP contribution in [-0.4, -0.2) is 30.5 Å². The van der Waals surface area contributed by atoms with Crippen molar-refractivity contribution in [3.05, 3.63) is 98.5 Å². The highest BCUT2D eigenvalue weighted by atomic mass is 19.2. The third-order valence-corrected chi connectivity index (χ3v) is 5.32. The number of nitrogens with zero attached hydrogens (tertiary/aromatic N) is 4. The third-order valence-electron chi connectivity index (χ3n) is 5.32. The van der Waals surface area contributed by atoms with Crippen LogP contribution in [0.25, 0.3) is 11.2 Å². The first-order valence-electron chi connectivity index (χ1n) is 10.6. The van der Waals surface area contributed by atoms with Crippen LogP contribution in [0.15, 0.2) is 64.4 Å². The Morgan fingerprint density at radius 3 is 2.43 bits per heavy atom. The Kier molecular flexibility index (Phi) is 6.53. The van der Waals surface area contributed by atoms with Gasteiger partial charge in [-0.2, -0.15) is 0 Å². The standard InChI is InChI=1S/C23H20F2N6O4/c1-2-29-13-26-20-19(29)22(34)31(23(35)30(20)11-14-7-4-3-5-8-14)12-17(32)27-28-21(33)15-9-6-10-16(24)18(15)25/h3-10,13H,2,11-12H2,1H3,(H,27,32)(H,28,33). The molecule has 4 rings (SSSR count). The molecular weight excluding hydrogens is 462 g/mol. The Balaban J connectivity index is 1.64. The molecule has 2 aromatic heterocycles. The molecule has 2 heterocycles. The van der Waals surface area contributed by atoms with E-state index < -0.39 is 46.8 Å². The molecule has 2 amide bonds. The summed E-state index contributed by atoms with van der Waals surface area (Å²) in [5, 5.41) is 0. The van der Waals surface area contributed by atoms with Crippen LogP contribution in [0.2, 0.25) is 0 Å². The summed E-state index contributed by atoms with van der Waals surface area (Å²) >= 11 is 0. The zero-order valence-corrected chi connectivity index (χ0v) is 18.5. The Labute approximate surface area is 196 Å². The van der Waals surface area contributed by atoms with E-state index in [0.717, 1.165) is 28.3 Å². The number of hydrazine groups is 1. The topological polar surface area (TPSA) is 120 Å². The maximum Gasteiger partial charge on any atom is 0.333 e. The SMILES string of the molecule is CCn1cnc2c1c(=O)n(CC(=O)NNC(=O)c1cccc(F)c1F)c(=O)n2Cc1ccccc1. The number of carbonyl (C=O) groups is 2. The molecule has 0 atom stereocenters. The molecule has 180 valence electrons. The largest absolute Gasteiger partial charge is 0.333 e. The van der Waals surface area contributed by atoms with E-state index in [-0.39, 0.29) is 17.7 Å². The molecule has 2 aromatic carbocycles. The molecule has 0 saturated carbocycles. The second-order valence-electron chi connectivity index (χ2n) is 7.55. The van der Waals surface area contributed by atoms with E-state index in [1.54, 1.807) is 35.8 Å². The predicted molar refractivity (Wildman–Crippen MR) is 121 cm³/mol. The molecule has 0 radical (unpaired) electrons. The van der Waals surface area contributed by atoms with Crippen molar-refractivity contribution in [2.75, 3.05) is 0 Å². The van der Waals surface area contributed by atoms with E-state index in [1.165, 1.54) is 10.9 Å². The van der Waals surface area contributed by atoms with Crippen molar-refractivity contribution in [3.8, 4) is 0 Å². The number of aryl methyl sites for hydroxylation is 1. The van der Waals surface area contributed by atoms with Gasteiger partial charge in [0.25, 0.3) is 17.4 Å². The van der Waals surface area contributed by atoms with Crippen molar-refractivity contribution in [2.24, 2.45) is 0 Å². The number of halogens is 2. The van der Waals surface area contributed by atoms with Gasteiger partial charge in [0, 0.05) is 6.54 Å². The molecule has 0 aliphatic rings. The fourth-order valence-corrected chi connectivity index (χ4v) is 3.58. The van der Waals surface area contributed by atoms with Crippen LogP contribution < -0.4 is 22.1 Å². The highest BCUT2D eigenvalue weighted by Crippen LogP contribution is 2.11. The van der Waals surface area contributed by atoms with Gasteiger partial charge in [-0.25, -0.2) is 23.1 Å². The molecule has 4 aromatic rings. The molecule has 0 aliphatic heterocycles. The third kappa shape index (κ3) is 4.58. The van der Waals surface area contributed by atoms with Gasteiger partial charge in [0.2, 0.25) is 0 Å². The summed E-state index contributed by atoms with van der Waals surface area (Å²) in [7, 11) is 0. The van der Waals surface area contributed by atoms with E-state index in [1.807, 2.05) is 16.9 Å². The fourth-order valence-electron chi connectivity index (χ4n) is 3.58. The molecule has 0 fully saturated rings. The van der Waals surface area contributed by atoms with Crippen LogP contribution in [0.4, 0.5) is 8.78 Å². The molecule has 10 nitrogen and oxygen atoms in total. The van der Waals surface area contributed by atoms with E-state index >= 15 is 0 Å². The minimum atomic E-state index is -1.38. The Hall–Kier alpha value is -4.61. The summed E-state index contributed by atoms with van der Waals surface area (Å²) in [6.45, 7) is 1.57. The molecule has 0 saturated heterocycles. The lowest BCUT2D eigenvalue weighted by atomic mass is 10.2. The van der Waals surface area contributed by atoms with Crippen LogP contribution >= 0.6 is 0 Å². The maximum atomic E-state index is 13.8.